The second-order valence-electron chi connectivity index (χ2n) is 22.7. The molecule has 0 atom stereocenters. The maximum atomic E-state index is 5.40. The van der Waals surface area contributed by atoms with Crippen LogP contribution in [0.1, 0.15) is 0 Å². The Morgan fingerprint density at radius 3 is 1.00 bits per heavy atom. The summed E-state index contributed by atoms with van der Waals surface area (Å²) in [6.07, 6.45) is 0. The third-order valence-electron chi connectivity index (χ3n) is 17.8. The molecule has 0 saturated heterocycles. The lowest BCUT2D eigenvalue weighted by Crippen LogP contribution is -2.02. The summed E-state index contributed by atoms with van der Waals surface area (Å²) in [5.41, 5.74) is 20.7. The van der Waals surface area contributed by atoms with Crippen molar-refractivity contribution in [3.63, 3.8) is 0 Å². The van der Waals surface area contributed by atoms with E-state index < -0.39 is 0 Å². The molecule has 0 aliphatic heterocycles. The van der Waals surface area contributed by atoms with E-state index in [0.717, 1.165) is 83.7 Å². The minimum absolute atomic E-state index is 0.585. The number of para-hydroxylation sites is 7. The Morgan fingerprint density at radius 2 is 0.511 bits per heavy atom. The van der Waals surface area contributed by atoms with Gasteiger partial charge in [-0.1, -0.05) is 194 Å². The standard InChI is InChI=1S/C81H51N7/c1-3-20-53(21-4-1)79-82-80(56-22-19-25-60(48-56)87-70-32-13-7-26-61(70)62-27-8-14-33-71(62)87)84-81(83-79)57-42-47-76(88-74-36-17-9-28-63(74)64-29-10-18-37-75(64)88)67(51-57)52-38-43-59(44-39-52)86-73-35-16-12-31-66(73)69-50-55(41-46-78(69)86)54-40-45-77-68(49-54)65-30-11-15-34-72(65)85(77)58-23-5-2-6-24-58/h1-51H. The number of hydrogen-bond acceptors (Lipinski definition) is 3. The number of fused-ring (bicyclic) bond motifs is 12. The fraction of sp³-hybridized carbons (Fsp3) is 0. The highest BCUT2D eigenvalue weighted by molar-refractivity contribution is 6.14. The lowest BCUT2D eigenvalue weighted by atomic mass is 9.99. The summed E-state index contributed by atoms with van der Waals surface area (Å²) in [4.78, 5) is 16.0. The van der Waals surface area contributed by atoms with Crippen LogP contribution in [0.4, 0.5) is 0 Å². The molecule has 410 valence electrons. The Morgan fingerprint density at radius 1 is 0.182 bits per heavy atom. The summed E-state index contributed by atoms with van der Waals surface area (Å²) in [5, 5.41) is 9.71. The van der Waals surface area contributed by atoms with Crippen LogP contribution in [-0.4, -0.2) is 33.2 Å². The van der Waals surface area contributed by atoms with Crippen molar-refractivity contribution < 1.29 is 0 Å². The fourth-order valence-electron chi connectivity index (χ4n) is 13.8. The molecule has 7 nitrogen and oxygen atoms in total. The van der Waals surface area contributed by atoms with Crippen LogP contribution in [0.15, 0.2) is 309 Å². The van der Waals surface area contributed by atoms with Gasteiger partial charge in [-0.15, -0.1) is 0 Å². The van der Waals surface area contributed by atoms with E-state index in [1.54, 1.807) is 0 Å². The molecule has 0 amide bonds. The Labute approximate surface area is 506 Å². The minimum atomic E-state index is 0.585. The van der Waals surface area contributed by atoms with E-state index in [0.29, 0.717) is 17.5 Å². The van der Waals surface area contributed by atoms with E-state index in [9.17, 15) is 0 Å². The molecule has 5 heterocycles. The van der Waals surface area contributed by atoms with Gasteiger partial charge < -0.3 is 18.3 Å². The zero-order chi connectivity index (χ0) is 57.8. The zero-order valence-electron chi connectivity index (χ0n) is 47.6. The van der Waals surface area contributed by atoms with E-state index in [1.807, 2.05) is 18.2 Å². The predicted molar refractivity (Wildman–Crippen MR) is 364 cm³/mol. The number of aromatic nitrogens is 7. The van der Waals surface area contributed by atoms with Gasteiger partial charge in [-0.3, -0.25) is 0 Å². The maximum absolute atomic E-state index is 5.40. The quantitative estimate of drug-likeness (QED) is 0.145. The summed E-state index contributed by atoms with van der Waals surface area (Å²) >= 11 is 0. The normalized spacial score (nSPS) is 11.9. The zero-order valence-corrected chi connectivity index (χ0v) is 47.6. The summed E-state index contributed by atoms with van der Waals surface area (Å²) in [5.74, 6) is 1.78. The molecule has 7 heteroatoms. The Bertz CT molecular complexity index is 5700. The van der Waals surface area contributed by atoms with Crippen LogP contribution in [0.3, 0.4) is 0 Å². The molecule has 18 aromatic rings. The molecule has 0 spiro atoms. The van der Waals surface area contributed by atoms with Gasteiger partial charge in [0.05, 0.1) is 49.8 Å². The third kappa shape index (κ3) is 7.81. The van der Waals surface area contributed by atoms with Gasteiger partial charge in [0.15, 0.2) is 17.5 Å². The lowest BCUT2D eigenvalue weighted by molar-refractivity contribution is 1.07. The van der Waals surface area contributed by atoms with Gasteiger partial charge >= 0.3 is 0 Å². The van der Waals surface area contributed by atoms with Crippen LogP contribution in [-0.2, 0) is 0 Å². The lowest BCUT2D eigenvalue weighted by Gasteiger charge is -2.17. The molecule has 88 heavy (non-hydrogen) atoms. The smallest absolute Gasteiger partial charge is 0.164 e. The molecule has 0 aliphatic rings. The number of nitrogens with zero attached hydrogens (tertiary/aromatic N) is 7. The number of hydrogen-bond donors (Lipinski definition) is 0. The van der Waals surface area contributed by atoms with Crippen LogP contribution >= 0.6 is 0 Å². The van der Waals surface area contributed by atoms with Crippen molar-refractivity contribution in [2.45, 2.75) is 0 Å². The molecular weight excluding hydrogens is 1070 g/mol. The van der Waals surface area contributed by atoms with Crippen molar-refractivity contribution in [1.82, 2.24) is 33.2 Å². The first-order valence-electron chi connectivity index (χ1n) is 29.9. The first kappa shape index (κ1) is 49.5. The second kappa shape index (κ2) is 19.8. The molecule has 0 aliphatic carbocycles. The van der Waals surface area contributed by atoms with Gasteiger partial charge in [-0.05, 0) is 132 Å². The van der Waals surface area contributed by atoms with Crippen molar-refractivity contribution in [1.29, 1.82) is 0 Å². The molecular formula is C81H51N7. The summed E-state index contributed by atoms with van der Waals surface area (Å²) in [6.45, 7) is 0. The van der Waals surface area contributed by atoms with Crippen LogP contribution in [0.25, 0.3) is 166 Å². The average Bonchev–Trinajstić information content (AvgIpc) is 2.18. The van der Waals surface area contributed by atoms with E-state index in [1.165, 1.54) is 65.3 Å². The van der Waals surface area contributed by atoms with Crippen molar-refractivity contribution in [3.8, 4) is 79.2 Å². The molecule has 0 fully saturated rings. The molecule has 13 aromatic carbocycles. The fourth-order valence-corrected chi connectivity index (χ4v) is 13.8. The first-order chi connectivity index (χ1) is 43.6. The monoisotopic (exact) mass is 1120 g/mol. The largest absolute Gasteiger partial charge is 0.309 e. The highest BCUT2D eigenvalue weighted by atomic mass is 15.0. The highest BCUT2D eigenvalue weighted by Gasteiger charge is 2.22. The Balaban J connectivity index is 0.781. The number of rotatable bonds is 9. The molecule has 5 aromatic heterocycles. The molecule has 18 rings (SSSR count). The van der Waals surface area contributed by atoms with Crippen molar-refractivity contribution in [3.05, 3.63) is 309 Å². The average molecular weight is 1120 g/mol. The topological polar surface area (TPSA) is 58.4 Å². The van der Waals surface area contributed by atoms with Crippen molar-refractivity contribution in [2.24, 2.45) is 0 Å². The van der Waals surface area contributed by atoms with Crippen molar-refractivity contribution in [2.75, 3.05) is 0 Å². The third-order valence-corrected chi connectivity index (χ3v) is 17.8. The van der Waals surface area contributed by atoms with Gasteiger partial charge in [0.2, 0.25) is 0 Å². The SMILES string of the molecule is c1ccc(-c2nc(-c3cccc(-n4c5ccccc5c5ccccc54)c3)nc(-c3ccc(-n4c5ccccc5c5ccccc54)c(-c4ccc(-n5c6ccccc6c6cc(-c7ccc8c(c7)c7ccccc7n8-c7ccccc7)ccc65)cc4)c3)n2)cc1. The molecule has 0 N–H and O–H groups in total. The molecule has 0 saturated carbocycles. The summed E-state index contributed by atoms with van der Waals surface area (Å²) < 4.78 is 9.54. The van der Waals surface area contributed by atoms with E-state index in [-0.39, 0.29) is 0 Å². The number of benzene rings is 13. The predicted octanol–water partition coefficient (Wildman–Crippen LogP) is 20.6. The van der Waals surface area contributed by atoms with Crippen LogP contribution in [0.2, 0.25) is 0 Å². The van der Waals surface area contributed by atoms with E-state index in [2.05, 4.69) is 309 Å². The van der Waals surface area contributed by atoms with Crippen LogP contribution in [0.5, 0.6) is 0 Å². The summed E-state index contributed by atoms with van der Waals surface area (Å²) in [6, 6.07) is 111. The highest BCUT2D eigenvalue weighted by Crippen LogP contribution is 2.42. The van der Waals surface area contributed by atoms with E-state index >= 15 is 0 Å². The van der Waals surface area contributed by atoms with Gasteiger partial charge in [0.25, 0.3) is 0 Å². The summed E-state index contributed by atoms with van der Waals surface area (Å²) in [7, 11) is 0. The van der Waals surface area contributed by atoms with Crippen molar-refractivity contribution >= 4 is 87.2 Å². The minimum Gasteiger partial charge on any atom is -0.309 e. The molecule has 0 radical (unpaired) electrons. The Hall–Kier alpha value is -11.9. The van der Waals surface area contributed by atoms with Gasteiger partial charge in [-0.2, -0.15) is 0 Å². The molecule has 0 unspecified atom stereocenters. The first-order valence-corrected chi connectivity index (χ1v) is 29.9. The van der Waals surface area contributed by atoms with E-state index in [4.69, 9.17) is 15.0 Å². The van der Waals surface area contributed by atoms with Gasteiger partial charge in [0.1, 0.15) is 0 Å². The second-order valence-corrected chi connectivity index (χ2v) is 22.7. The van der Waals surface area contributed by atoms with Gasteiger partial charge in [0, 0.05) is 82.4 Å². The maximum Gasteiger partial charge on any atom is 0.164 e. The van der Waals surface area contributed by atoms with Gasteiger partial charge in [-0.25, -0.2) is 15.0 Å². The Kier molecular flexibility index (Phi) is 11.2. The van der Waals surface area contributed by atoms with Crippen LogP contribution < -0.4 is 0 Å². The van der Waals surface area contributed by atoms with Crippen LogP contribution in [0, 0.1) is 0 Å². The molecule has 0 bridgehead atoms.